The minimum atomic E-state index is -0.477. The van der Waals surface area contributed by atoms with Gasteiger partial charge in [-0.15, -0.1) is 0 Å². The number of aliphatic imine (C=N–C) groups is 1. The van der Waals surface area contributed by atoms with Crippen LogP contribution in [0.4, 0.5) is 0 Å². The van der Waals surface area contributed by atoms with E-state index in [1.807, 2.05) is 46.4 Å². The third kappa shape index (κ3) is 4.60. The standard InChI is InChI=1S/C19H25N5O/c1-22(2)19(23(3)4)21-18(25)16(13-20)17-11-8-12-24(17)14-15-9-6-5-7-10-15/h5-7,9-10H,8,11-12,14H2,1-4H3. The van der Waals surface area contributed by atoms with Crippen LogP contribution in [-0.2, 0) is 11.3 Å². The number of nitrogens with zero attached hydrogens (tertiary/aromatic N) is 5. The molecule has 1 saturated heterocycles. The Morgan fingerprint density at radius 2 is 1.84 bits per heavy atom. The molecule has 0 N–H and O–H groups in total. The van der Waals surface area contributed by atoms with Gasteiger partial charge in [0.05, 0.1) is 0 Å². The fourth-order valence-electron chi connectivity index (χ4n) is 2.97. The van der Waals surface area contributed by atoms with Crippen molar-refractivity contribution < 1.29 is 4.79 Å². The summed E-state index contributed by atoms with van der Waals surface area (Å²) in [6.45, 7) is 1.55. The predicted octanol–water partition coefficient (Wildman–Crippen LogP) is 2.07. The second-order valence-corrected chi connectivity index (χ2v) is 6.45. The summed E-state index contributed by atoms with van der Waals surface area (Å²) < 4.78 is 0. The van der Waals surface area contributed by atoms with Gasteiger partial charge in [-0.05, 0) is 18.4 Å². The molecule has 1 aromatic rings. The van der Waals surface area contributed by atoms with Crippen molar-refractivity contribution in [2.75, 3.05) is 34.7 Å². The van der Waals surface area contributed by atoms with E-state index in [1.54, 1.807) is 9.80 Å². The van der Waals surface area contributed by atoms with Crippen LogP contribution < -0.4 is 0 Å². The van der Waals surface area contributed by atoms with Crippen molar-refractivity contribution in [1.29, 1.82) is 5.26 Å². The minimum Gasteiger partial charge on any atom is -0.369 e. The van der Waals surface area contributed by atoms with Gasteiger partial charge in [0, 0.05) is 47.0 Å². The Morgan fingerprint density at radius 3 is 2.40 bits per heavy atom. The molecule has 2 rings (SSSR count). The molecule has 6 heteroatoms. The summed E-state index contributed by atoms with van der Waals surface area (Å²) in [7, 11) is 7.29. The average Bonchev–Trinajstić information content (AvgIpc) is 3.01. The monoisotopic (exact) mass is 339 g/mol. The Kier molecular flexibility index (Phi) is 6.18. The van der Waals surface area contributed by atoms with Crippen LogP contribution in [0.25, 0.3) is 0 Å². The van der Waals surface area contributed by atoms with Gasteiger partial charge in [0.25, 0.3) is 5.91 Å². The van der Waals surface area contributed by atoms with Crippen LogP contribution in [0.3, 0.4) is 0 Å². The normalized spacial score (nSPS) is 15.4. The van der Waals surface area contributed by atoms with E-state index < -0.39 is 5.91 Å². The fourth-order valence-corrected chi connectivity index (χ4v) is 2.97. The van der Waals surface area contributed by atoms with Crippen LogP contribution in [0.1, 0.15) is 18.4 Å². The molecule has 132 valence electrons. The molecule has 0 saturated carbocycles. The van der Waals surface area contributed by atoms with Gasteiger partial charge in [0.15, 0.2) is 0 Å². The first-order chi connectivity index (χ1) is 11.9. The quantitative estimate of drug-likeness (QED) is 0.365. The molecule has 1 heterocycles. The molecule has 1 aromatic carbocycles. The number of amides is 1. The Bertz CT molecular complexity index is 703. The van der Waals surface area contributed by atoms with Gasteiger partial charge < -0.3 is 14.7 Å². The maximum atomic E-state index is 12.6. The Hall–Kier alpha value is -2.81. The molecule has 0 spiro atoms. The number of nitriles is 1. The molecule has 1 amide bonds. The maximum absolute atomic E-state index is 12.6. The summed E-state index contributed by atoms with van der Waals surface area (Å²) in [5.74, 6) is 0.0424. The highest BCUT2D eigenvalue weighted by Gasteiger charge is 2.25. The molecule has 6 nitrogen and oxygen atoms in total. The van der Waals surface area contributed by atoms with Crippen molar-refractivity contribution >= 4 is 11.9 Å². The Balaban J connectivity index is 2.31. The summed E-state index contributed by atoms with van der Waals surface area (Å²) in [6, 6.07) is 12.2. The van der Waals surface area contributed by atoms with Crippen LogP contribution in [-0.4, -0.2) is 61.3 Å². The highest BCUT2D eigenvalue weighted by Crippen LogP contribution is 2.26. The molecular weight excluding hydrogens is 314 g/mol. The van der Waals surface area contributed by atoms with Crippen molar-refractivity contribution in [2.45, 2.75) is 19.4 Å². The second kappa shape index (κ2) is 8.34. The van der Waals surface area contributed by atoms with Gasteiger partial charge in [-0.25, -0.2) is 0 Å². The number of hydrogen-bond donors (Lipinski definition) is 0. The number of benzene rings is 1. The summed E-state index contributed by atoms with van der Waals surface area (Å²) in [6.07, 6.45) is 1.68. The van der Waals surface area contributed by atoms with Gasteiger partial charge in [-0.3, -0.25) is 4.79 Å². The van der Waals surface area contributed by atoms with Gasteiger partial charge >= 0.3 is 0 Å². The lowest BCUT2D eigenvalue weighted by molar-refractivity contribution is -0.114. The molecule has 0 unspecified atom stereocenters. The highest BCUT2D eigenvalue weighted by atomic mass is 16.1. The lowest BCUT2D eigenvalue weighted by Crippen LogP contribution is -2.36. The zero-order chi connectivity index (χ0) is 18.4. The third-order valence-electron chi connectivity index (χ3n) is 4.06. The summed E-state index contributed by atoms with van der Waals surface area (Å²) >= 11 is 0. The number of likely N-dealkylation sites (tertiary alicyclic amines) is 1. The summed E-state index contributed by atoms with van der Waals surface area (Å²) in [5.41, 5.74) is 2.11. The number of carbonyl (C=O) groups is 1. The molecule has 0 radical (unpaired) electrons. The Labute approximate surface area is 149 Å². The first-order valence-electron chi connectivity index (χ1n) is 8.33. The van der Waals surface area contributed by atoms with E-state index in [9.17, 15) is 10.1 Å². The molecule has 25 heavy (non-hydrogen) atoms. The van der Waals surface area contributed by atoms with E-state index >= 15 is 0 Å². The van der Waals surface area contributed by atoms with Crippen LogP contribution >= 0.6 is 0 Å². The minimum absolute atomic E-state index is 0.148. The Morgan fingerprint density at radius 1 is 1.20 bits per heavy atom. The molecule has 1 fully saturated rings. The molecule has 0 atom stereocenters. The van der Waals surface area contributed by atoms with Crippen LogP contribution in [0, 0.1) is 11.3 Å². The number of hydrogen-bond acceptors (Lipinski definition) is 3. The molecule has 1 aliphatic rings. The lowest BCUT2D eigenvalue weighted by Gasteiger charge is -2.23. The van der Waals surface area contributed by atoms with E-state index in [-0.39, 0.29) is 5.57 Å². The zero-order valence-corrected chi connectivity index (χ0v) is 15.4. The summed E-state index contributed by atoms with van der Waals surface area (Å²) in [4.78, 5) is 22.4. The smallest absolute Gasteiger partial charge is 0.292 e. The SMILES string of the molecule is CN(C)C(=NC(=O)C(C#N)=C1CCCN1Cc1ccccc1)N(C)C. The van der Waals surface area contributed by atoms with Crippen LogP contribution in [0.5, 0.6) is 0 Å². The van der Waals surface area contributed by atoms with Crippen molar-refractivity contribution in [1.82, 2.24) is 14.7 Å². The van der Waals surface area contributed by atoms with Gasteiger partial charge in [0.1, 0.15) is 11.6 Å². The summed E-state index contributed by atoms with van der Waals surface area (Å²) in [5, 5.41) is 9.58. The molecular formula is C19H25N5O. The van der Waals surface area contributed by atoms with E-state index in [0.717, 1.165) is 30.6 Å². The van der Waals surface area contributed by atoms with Gasteiger partial charge in [-0.2, -0.15) is 10.3 Å². The van der Waals surface area contributed by atoms with Gasteiger partial charge in [-0.1, -0.05) is 30.3 Å². The maximum Gasteiger partial charge on any atom is 0.292 e. The number of allylic oxidation sites excluding steroid dienone is 1. The van der Waals surface area contributed by atoms with Crippen LogP contribution in [0.15, 0.2) is 46.6 Å². The predicted molar refractivity (Wildman–Crippen MR) is 98.5 cm³/mol. The molecule has 1 aliphatic heterocycles. The zero-order valence-electron chi connectivity index (χ0n) is 15.4. The van der Waals surface area contributed by atoms with Crippen LogP contribution in [0.2, 0.25) is 0 Å². The number of rotatable bonds is 3. The van der Waals surface area contributed by atoms with Gasteiger partial charge in [0.2, 0.25) is 5.96 Å². The van der Waals surface area contributed by atoms with Crippen molar-refractivity contribution in [2.24, 2.45) is 4.99 Å². The highest BCUT2D eigenvalue weighted by molar-refractivity contribution is 6.05. The first kappa shape index (κ1) is 18.5. The topological polar surface area (TPSA) is 62.9 Å². The first-order valence-corrected chi connectivity index (χ1v) is 8.33. The third-order valence-corrected chi connectivity index (χ3v) is 4.06. The molecule has 0 aromatic heterocycles. The largest absolute Gasteiger partial charge is 0.369 e. The molecule has 0 bridgehead atoms. The molecule has 0 aliphatic carbocycles. The van der Waals surface area contributed by atoms with Crippen molar-refractivity contribution in [3.8, 4) is 6.07 Å². The van der Waals surface area contributed by atoms with Crippen molar-refractivity contribution in [3.63, 3.8) is 0 Å². The number of guanidine groups is 1. The van der Waals surface area contributed by atoms with Crippen molar-refractivity contribution in [3.05, 3.63) is 47.2 Å². The van der Waals surface area contributed by atoms with E-state index in [1.165, 1.54) is 0 Å². The number of carbonyl (C=O) groups excluding carboxylic acids is 1. The fraction of sp³-hybridized carbons (Fsp3) is 0.421. The van der Waals surface area contributed by atoms with E-state index in [4.69, 9.17) is 0 Å². The lowest BCUT2D eigenvalue weighted by atomic mass is 10.1. The van der Waals surface area contributed by atoms with E-state index in [2.05, 4.69) is 28.1 Å². The van der Waals surface area contributed by atoms with E-state index in [0.29, 0.717) is 12.5 Å². The second-order valence-electron chi connectivity index (χ2n) is 6.45. The average molecular weight is 339 g/mol.